The number of ether oxygens (including phenoxy) is 1. The second kappa shape index (κ2) is 6.42. The van der Waals surface area contributed by atoms with Gasteiger partial charge in [0.15, 0.2) is 0 Å². The Morgan fingerprint density at radius 1 is 1.35 bits per heavy atom. The lowest BCUT2D eigenvalue weighted by atomic mass is 9.96. The summed E-state index contributed by atoms with van der Waals surface area (Å²) < 4.78 is 5.20. The monoisotopic (exact) mass is 316 g/mol. The number of aromatic amines is 1. The number of carbonyl (C=O) groups is 2. The van der Waals surface area contributed by atoms with Gasteiger partial charge in [0, 0.05) is 47.5 Å². The number of methoxy groups -OCH3 is 1. The van der Waals surface area contributed by atoms with Crippen LogP contribution in [0.25, 0.3) is 10.9 Å². The van der Waals surface area contributed by atoms with Crippen LogP contribution < -0.4 is 15.4 Å². The number of carbonyl (C=O) groups excluding carboxylic acids is 2. The number of piperidine rings is 1. The van der Waals surface area contributed by atoms with Crippen molar-refractivity contribution in [1.82, 2.24) is 4.98 Å². The summed E-state index contributed by atoms with van der Waals surface area (Å²) in [5, 5.41) is 0.919. The number of primary amides is 1. The molecule has 1 amide bonds. The lowest BCUT2D eigenvalue weighted by Gasteiger charge is -2.27. The highest BCUT2D eigenvalue weighted by Crippen LogP contribution is 2.23. The van der Waals surface area contributed by atoms with Gasteiger partial charge in [0.25, 0.3) is 0 Å². The molecule has 0 radical (unpaired) electrons. The zero-order valence-corrected chi connectivity index (χ0v) is 13.2. The quantitative estimate of drug-likeness (QED) is 0.686. The molecule has 0 bridgehead atoms. The third-order valence-corrected chi connectivity index (χ3v) is 4.69. The zero-order chi connectivity index (χ0) is 16.4. The number of ketones is 1. The topological polar surface area (TPSA) is 89.6 Å². The average molecular weight is 316 g/mol. The molecule has 1 aliphatic heterocycles. The van der Waals surface area contributed by atoms with Crippen LogP contribution in [0.1, 0.15) is 23.2 Å². The van der Waals surface area contributed by atoms with Gasteiger partial charge in [-0.15, -0.1) is 0 Å². The number of nitrogens with two attached hydrogens (primary N) is 1. The van der Waals surface area contributed by atoms with Gasteiger partial charge < -0.3 is 20.4 Å². The Kier molecular flexibility index (Phi) is 4.34. The van der Waals surface area contributed by atoms with Crippen molar-refractivity contribution in [3.05, 3.63) is 30.0 Å². The van der Waals surface area contributed by atoms with E-state index in [0.29, 0.717) is 12.1 Å². The number of quaternary nitrogens is 1. The number of hydrogen-bond acceptors (Lipinski definition) is 3. The van der Waals surface area contributed by atoms with Crippen LogP contribution in [-0.2, 0) is 4.79 Å². The van der Waals surface area contributed by atoms with Crippen molar-refractivity contribution in [2.24, 2.45) is 11.7 Å². The fraction of sp³-hybridized carbons (Fsp3) is 0.412. The van der Waals surface area contributed by atoms with Crippen molar-refractivity contribution in [1.29, 1.82) is 0 Å². The van der Waals surface area contributed by atoms with E-state index in [1.165, 1.54) is 4.90 Å². The summed E-state index contributed by atoms with van der Waals surface area (Å²) >= 11 is 0. The minimum Gasteiger partial charge on any atom is -0.497 e. The van der Waals surface area contributed by atoms with Crippen molar-refractivity contribution in [3.8, 4) is 5.75 Å². The molecule has 2 heterocycles. The Labute approximate surface area is 134 Å². The third kappa shape index (κ3) is 3.22. The van der Waals surface area contributed by atoms with E-state index >= 15 is 0 Å². The molecule has 0 atom stereocenters. The Hall–Kier alpha value is -2.34. The van der Waals surface area contributed by atoms with Crippen LogP contribution in [-0.4, -0.2) is 43.4 Å². The summed E-state index contributed by atoms with van der Waals surface area (Å²) in [5.74, 6) is 0.627. The fourth-order valence-corrected chi connectivity index (χ4v) is 3.27. The van der Waals surface area contributed by atoms with Crippen molar-refractivity contribution in [2.75, 3.05) is 26.7 Å². The molecule has 122 valence electrons. The van der Waals surface area contributed by atoms with E-state index in [2.05, 4.69) is 4.98 Å². The van der Waals surface area contributed by atoms with Gasteiger partial charge in [0.2, 0.25) is 11.7 Å². The molecule has 0 aliphatic carbocycles. The number of hydrogen-bond donors (Lipinski definition) is 3. The number of aromatic nitrogens is 1. The van der Waals surface area contributed by atoms with Gasteiger partial charge >= 0.3 is 0 Å². The highest BCUT2D eigenvalue weighted by Gasteiger charge is 2.27. The lowest BCUT2D eigenvalue weighted by molar-refractivity contribution is -0.897. The number of benzene rings is 1. The molecule has 1 aromatic heterocycles. The molecule has 1 fully saturated rings. The molecule has 3 rings (SSSR count). The van der Waals surface area contributed by atoms with E-state index < -0.39 is 0 Å². The molecule has 23 heavy (non-hydrogen) atoms. The fourth-order valence-electron chi connectivity index (χ4n) is 3.27. The minimum absolute atomic E-state index is 0.0330. The molecule has 2 aromatic rings. The third-order valence-electron chi connectivity index (χ3n) is 4.69. The summed E-state index contributed by atoms with van der Waals surface area (Å²) in [6, 6.07) is 5.65. The van der Waals surface area contributed by atoms with Crippen LogP contribution in [0, 0.1) is 5.92 Å². The van der Waals surface area contributed by atoms with Crippen LogP contribution in [0.5, 0.6) is 5.75 Å². The smallest absolute Gasteiger partial charge is 0.220 e. The van der Waals surface area contributed by atoms with Gasteiger partial charge in [-0.25, -0.2) is 0 Å². The van der Waals surface area contributed by atoms with Crippen LogP contribution in [0.15, 0.2) is 24.4 Å². The molecule has 6 nitrogen and oxygen atoms in total. The number of Topliss-reactive ketones (excluding diaryl/α,β-unsaturated/α-hetero) is 1. The minimum atomic E-state index is -0.221. The first-order valence-electron chi connectivity index (χ1n) is 7.89. The number of likely N-dealkylation sites (tertiary alicyclic amines) is 1. The van der Waals surface area contributed by atoms with Crippen LogP contribution in [0.4, 0.5) is 0 Å². The largest absolute Gasteiger partial charge is 0.497 e. The Morgan fingerprint density at radius 2 is 2.09 bits per heavy atom. The first-order chi connectivity index (χ1) is 11.1. The normalized spacial score (nSPS) is 21.3. The van der Waals surface area contributed by atoms with E-state index in [1.54, 1.807) is 13.3 Å². The molecule has 0 unspecified atom stereocenters. The van der Waals surface area contributed by atoms with Crippen LogP contribution in [0.2, 0.25) is 0 Å². The molecule has 4 N–H and O–H groups in total. The van der Waals surface area contributed by atoms with Crippen molar-refractivity contribution in [2.45, 2.75) is 12.8 Å². The predicted octanol–water partition coefficient (Wildman–Crippen LogP) is 0.139. The molecule has 0 spiro atoms. The lowest BCUT2D eigenvalue weighted by Crippen LogP contribution is -3.14. The van der Waals surface area contributed by atoms with Crippen LogP contribution in [0.3, 0.4) is 0 Å². The summed E-state index contributed by atoms with van der Waals surface area (Å²) in [5.41, 5.74) is 6.96. The number of H-pyrrole nitrogens is 1. The first-order valence-corrected chi connectivity index (χ1v) is 7.89. The Balaban J connectivity index is 1.68. The van der Waals surface area contributed by atoms with E-state index in [0.717, 1.165) is 42.6 Å². The highest BCUT2D eigenvalue weighted by atomic mass is 16.5. The van der Waals surface area contributed by atoms with Crippen molar-refractivity contribution < 1.29 is 19.2 Å². The van der Waals surface area contributed by atoms with Crippen LogP contribution >= 0.6 is 0 Å². The molecule has 1 aromatic carbocycles. The van der Waals surface area contributed by atoms with E-state index in [-0.39, 0.29) is 17.6 Å². The molecule has 1 saturated heterocycles. The summed E-state index contributed by atoms with van der Waals surface area (Å²) in [4.78, 5) is 28.1. The summed E-state index contributed by atoms with van der Waals surface area (Å²) in [6.45, 7) is 2.08. The average Bonchev–Trinajstić information content (AvgIpc) is 2.98. The number of amides is 1. The number of fused-ring (bicyclic) bond motifs is 1. The Bertz CT molecular complexity index is 730. The molecular formula is C17H22N3O3+. The predicted molar refractivity (Wildman–Crippen MR) is 86.7 cm³/mol. The maximum Gasteiger partial charge on any atom is 0.220 e. The molecule has 1 aliphatic rings. The van der Waals surface area contributed by atoms with Gasteiger partial charge in [-0.1, -0.05) is 0 Å². The number of rotatable bonds is 5. The number of nitrogens with one attached hydrogen (secondary N) is 2. The van der Waals surface area contributed by atoms with Crippen molar-refractivity contribution in [3.63, 3.8) is 0 Å². The highest BCUT2D eigenvalue weighted by molar-refractivity contribution is 6.08. The van der Waals surface area contributed by atoms with Gasteiger partial charge in [0.1, 0.15) is 12.3 Å². The van der Waals surface area contributed by atoms with E-state index in [4.69, 9.17) is 10.5 Å². The van der Waals surface area contributed by atoms with Gasteiger partial charge in [0.05, 0.1) is 20.2 Å². The van der Waals surface area contributed by atoms with Gasteiger partial charge in [-0.3, -0.25) is 9.59 Å². The Morgan fingerprint density at radius 3 is 2.74 bits per heavy atom. The first kappa shape index (κ1) is 15.6. The zero-order valence-electron chi connectivity index (χ0n) is 13.2. The summed E-state index contributed by atoms with van der Waals surface area (Å²) in [6.07, 6.45) is 3.30. The SMILES string of the molecule is COc1ccc2c(C(=O)C[NH+]3CCC(C(N)=O)CC3)c[nH]c2c1. The van der Waals surface area contributed by atoms with Gasteiger partial charge in [-0.05, 0) is 12.1 Å². The maximum absolute atomic E-state index is 12.6. The van der Waals surface area contributed by atoms with E-state index in [9.17, 15) is 9.59 Å². The maximum atomic E-state index is 12.6. The van der Waals surface area contributed by atoms with Crippen molar-refractivity contribution >= 4 is 22.6 Å². The molecule has 0 saturated carbocycles. The summed E-state index contributed by atoms with van der Waals surface area (Å²) in [7, 11) is 1.62. The van der Waals surface area contributed by atoms with Gasteiger partial charge in [-0.2, -0.15) is 0 Å². The standard InChI is InChI=1S/C17H21N3O3/c1-23-12-2-3-13-14(9-19-15(13)8-12)16(21)10-20-6-4-11(5-7-20)17(18)22/h2-3,8-9,11,19H,4-7,10H2,1H3,(H2,18,22)/p+1. The van der Waals surface area contributed by atoms with E-state index in [1.807, 2.05) is 18.2 Å². The molecule has 6 heteroatoms. The molecular weight excluding hydrogens is 294 g/mol. The second-order valence-corrected chi connectivity index (χ2v) is 6.14. The second-order valence-electron chi connectivity index (χ2n) is 6.14.